The summed E-state index contributed by atoms with van der Waals surface area (Å²) in [7, 11) is 0. The van der Waals surface area contributed by atoms with Crippen LogP contribution in [-0.4, -0.2) is 21.6 Å². The fraction of sp³-hybridized carbons (Fsp3) is 0.273. The minimum Gasteiger partial charge on any atom is -0.389 e. The molecule has 0 radical (unpaired) electrons. The lowest BCUT2D eigenvalue weighted by atomic mass is 9.96. The van der Waals surface area contributed by atoms with E-state index in [0.29, 0.717) is 12.5 Å². The monoisotopic (exact) mass is 360 g/mol. The molecule has 0 spiro atoms. The van der Waals surface area contributed by atoms with Crippen LogP contribution in [-0.2, 0) is 19.5 Å². The second-order valence-corrected chi connectivity index (χ2v) is 6.95. The number of nitrogens with zero attached hydrogens (tertiary/aromatic N) is 3. The molecule has 3 aromatic rings. The zero-order valence-corrected chi connectivity index (χ0v) is 15.5. The lowest BCUT2D eigenvalue weighted by Crippen LogP contribution is -2.31. The van der Waals surface area contributed by atoms with E-state index in [-0.39, 0.29) is 0 Å². The molecular formula is C22H24N4O. The first kappa shape index (κ1) is 17.5. The van der Waals surface area contributed by atoms with E-state index in [1.165, 1.54) is 16.7 Å². The van der Waals surface area contributed by atoms with E-state index in [0.717, 1.165) is 30.9 Å². The second kappa shape index (κ2) is 7.76. The molecule has 2 aromatic carbocycles. The molecule has 0 saturated heterocycles. The van der Waals surface area contributed by atoms with E-state index in [4.69, 9.17) is 4.98 Å². The Morgan fingerprint density at radius 1 is 1.11 bits per heavy atom. The van der Waals surface area contributed by atoms with E-state index in [9.17, 15) is 5.11 Å². The van der Waals surface area contributed by atoms with Gasteiger partial charge in [-0.1, -0.05) is 48.5 Å². The zero-order valence-electron chi connectivity index (χ0n) is 15.5. The van der Waals surface area contributed by atoms with Crippen LogP contribution in [0.2, 0.25) is 0 Å². The van der Waals surface area contributed by atoms with Crippen LogP contribution in [0.5, 0.6) is 0 Å². The van der Waals surface area contributed by atoms with Crippen molar-refractivity contribution in [3.05, 3.63) is 83.0 Å². The molecule has 138 valence electrons. The minimum absolute atomic E-state index is 0.423. The van der Waals surface area contributed by atoms with Gasteiger partial charge in [0.05, 0.1) is 6.10 Å². The largest absolute Gasteiger partial charge is 0.389 e. The van der Waals surface area contributed by atoms with Crippen LogP contribution in [0.3, 0.4) is 0 Å². The normalized spacial score (nSPS) is 14.5. The highest BCUT2D eigenvalue weighted by atomic mass is 16.3. The van der Waals surface area contributed by atoms with Crippen LogP contribution in [0.25, 0.3) is 0 Å². The van der Waals surface area contributed by atoms with Gasteiger partial charge < -0.3 is 15.3 Å². The fourth-order valence-corrected chi connectivity index (χ4v) is 3.42. The van der Waals surface area contributed by atoms with Gasteiger partial charge in [-0.15, -0.1) is 0 Å². The average molecular weight is 360 g/mol. The molecule has 0 saturated carbocycles. The molecule has 2 N–H and O–H groups in total. The van der Waals surface area contributed by atoms with Gasteiger partial charge in [-0.05, 0) is 41.7 Å². The molecule has 1 aromatic heterocycles. The molecule has 0 amide bonds. The Balaban J connectivity index is 1.46. The first-order valence-corrected chi connectivity index (χ1v) is 9.34. The van der Waals surface area contributed by atoms with Gasteiger partial charge in [-0.25, -0.2) is 4.98 Å². The van der Waals surface area contributed by atoms with Crippen molar-refractivity contribution in [2.45, 2.75) is 32.5 Å². The van der Waals surface area contributed by atoms with Gasteiger partial charge in [0.1, 0.15) is 5.82 Å². The van der Waals surface area contributed by atoms with Crippen LogP contribution < -0.4 is 10.2 Å². The van der Waals surface area contributed by atoms with Crippen LogP contribution in [0.4, 0.5) is 11.8 Å². The van der Waals surface area contributed by atoms with Crippen LogP contribution in [0.15, 0.2) is 60.8 Å². The number of rotatable bonds is 5. The molecule has 0 aliphatic carbocycles. The SMILES string of the molecule is C[C@@H](O)c1ccc2c(c1)CCN(c1ccnc(NCc3ccccc3)n1)C2. The second-order valence-electron chi connectivity index (χ2n) is 6.95. The first-order chi connectivity index (χ1) is 13.2. The van der Waals surface area contributed by atoms with Crippen molar-refractivity contribution < 1.29 is 5.11 Å². The van der Waals surface area contributed by atoms with E-state index < -0.39 is 6.10 Å². The van der Waals surface area contributed by atoms with Crippen LogP contribution in [0.1, 0.15) is 35.3 Å². The van der Waals surface area contributed by atoms with E-state index in [2.05, 4.69) is 39.5 Å². The molecule has 1 aliphatic rings. The maximum atomic E-state index is 9.78. The summed E-state index contributed by atoms with van der Waals surface area (Å²) in [4.78, 5) is 11.3. The number of hydrogen-bond acceptors (Lipinski definition) is 5. The van der Waals surface area contributed by atoms with Crippen LogP contribution in [0, 0.1) is 0 Å². The molecule has 2 heterocycles. The van der Waals surface area contributed by atoms with Crippen molar-refractivity contribution in [3.8, 4) is 0 Å². The quantitative estimate of drug-likeness (QED) is 0.726. The lowest BCUT2D eigenvalue weighted by molar-refractivity contribution is 0.199. The Bertz CT molecular complexity index is 911. The van der Waals surface area contributed by atoms with Gasteiger partial charge in [-0.2, -0.15) is 4.98 Å². The Morgan fingerprint density at radius 2 is 1.96 bits per heavy atom. The summed E-state index contributed by atoms with van der Waals surface area (Å²) < 4.78 is 0. The van der Waals surface area contributed by atoms with E-state index >= 15 is 0 Å². The highest BCUT2D eigenvalue weighted by Crippen LogP contribution is 2.26. The van der Waals surface area contributed by atoms with Crippen LogP contribution >= 0.6 is 0 Å². The molecule has 5 heteroatoms. The maximum absolute atomic E-state index is 9.78. The number of fused-ring (bicyclic) bond motifs is 1. The van der Waals surface area contributed by atoms with Crippen molar-refractivity contribution in [2.75, 3.05) is 16.8 Å². The Hall–Kier alpha value is -2.92. The standard InChI is InChI=1S/C22H24N4O/c1-16(27)18-7-8-20-15-26(12-10-19(20)13-18)21-9-11-23-22(25-21)24-14-17-5-3-2-4-6-17/h2-9,11,13,16,27H,10,12,14-15H2,1H3,(H,23,24,25)/t16-/m1/s1. The van der Waals surface area contributed by atoms with Gasteiger partial charge in [0.2, 0.25) is 5.95 Å². The predicted octanol–water partition coefficient (Wildman–Crippen LogP) is 3.70. The van der Waals surface area contributed by atoms with E-state index in [1.54, 1.807) is 0 Å². The van der Waals surface area contributed by atoms with Crippen molar-refractivity contribution >= 4 is 11.8 Å². The Labute approximate surface area is 159 Å². The van der Waals surface area contributed by atoms with Gasteiger partial charge >= 0.3 is 0 Å². The number of aromatic nitrogens is 2. The molecule has 27 heavy (non-hydrogen) atoms. The zero-order chi connectivity index (χ0) is 18.6. The number of hydrogen-bond donors (Lipinski definition) is 2. The number of benzene rings is 2. The van der Waals surface area contributed by atoms with E-state index in [1.807, 2.05) is 43.5 Å². The molecule has 1 atom stereocenters. The first-order valence-electron chi connectivity index (χ1n) is 9.34. The highest BCUT2D eigenvalue weighted by molar-refractivity contribution is 5.47. The summed E-state index contributed by atoms with van der Waals surface area (Å²) in [5.74, 6) is 1.58. The third kappa shape index (κ3) is 4.09. The third-order valence-electron chi connectivity index (χ3n) is 4.98. The summed E-state index contributed by atoms with van der Waals surface area (Å²) in [6, 6.07) is 18.5. The number of aliphatic hydroxyl groups excluding tert-OH is 1. The smallest absolute Gasteiger partial charge is 0.224 e. The number of anilines is 2. The fourth-order valence-electron chi connectivity index (χ4n) is 3.42. The summed E-state index contributed by atoms with van der Waals surface area (Å²) in [6.07, 6.45) is 2.34. The molecule has 0 bridgehead atoms. The molecule has 5 nitrogen and oxygen atoms in total. The van der Waals surface area contributed by atoms with Crippen molar-refractivity contribution in [3.63, 3.8) is 0 Å². The van der Waals surface area contributed by atoms with Gasteiger partial charge in [0.25, 0.3) is 0 Å². The average Bonchev–Trinajstić information content (AvgIpc) is 2.72. The summed E-state index contributed by atoms with van der Waals surface area (Å²) in [5.41, 5.74) is 4.80. The number of nitrogens with one attached hydrogen (secondary N) is 1. The topological polar surface area (TPSA) is 61.3 Å². The Kier molecular flexibility index (Phi) is 5.03. The van der Waals surface area contributed by atoms with Gasteiger partial charge in [0, 0.05) is 25.8 Å². The van der Waals surface area contributed by atoms with Gasteiger partial charge in [0.15, 0.2) is 0 Å². The van der Waals surface area contributed by atoms with Crippen molar-refractivity contribution in [1.82, 2.24) is 9.97 Å². The maximum Gasteiger partial charge on any atom is 0.224 e. The Morgan fingerprint density at radius 3 is 2.78 bits per heavy atom. The molecular weight excluding hydrogens is 336 g/mol. The highest BCUT2D eigenvalue weighted by Gasteiger charge is 2.19. The summed E-state index contributed by atoms with van der Waals surface area (Å²) >= 11 is 0. The lowest BCUT2D eigenvalue weighted by Gasteiger charge is -2.30. The molecule has 1 aliphatic heterocycles. The van der Waals surface area contributed by atoms with Crippen molar-refractivity contribution in [2.24, 2.45) is 0 Å². The predicted molar refractivity (Wildman–Crippen MR) is 108 cm³/mol. The molecule has 4 rings (SSSR count). The third-order valence-corrected chi connectivity index (χ3v) is 4.98. The minimum atomic E-state index is -0.423. The summed E-state index contributed by atoms with van der Waals surface area (Å²) in [5, 5.41) is 13.1. The number of aliphatic hydroxyl groups is 1. The molecule has 0 fully saturated rings. The summed E-state index contributed by atoms with van der Waals surface area (Å²) in [6.45, 7) is 4.24. The van der Waals surface area contributed by atoms with Crippen molar-refractivity contribution in [1.29, 1.82) is 0 Å². The molecule has 0 unspecified atom stereocenters. The van der Waals surface area contributed by atoms with Gasteiger partial charge in [-0.3, -0.25) is 0 Å².